The molecule has 1 N–H and O–H groups in total. The Morgan fingerprint density at radius 1 is 1.21 bits per heavy atom. The lowest BCUT2D eigenvalue weighted by atomic mass is 10.1. The zero-order chi connectivity index (χ0) is 23.1. The van der Waals surface area contributed by atoms with Crippen LogP contribution in [-0.2, 0) is 11.3 Å². The zero-order valence-corrected chi connectivity index (χ0v) is 19.1. The van der Waals surface area contributed by atoms with Gasteiger partial charge in [-0.25, -0.2) is 9.37 Å². The van der Waals surface area contributed by atoms with Gasteiger partial charge in [-0.1, -0.05) is 23.7 Å². The van der Waals surface area contributed by atoms with E-state index in [0.717, 1.165) is 40.9 Å². The summed E-state index contributed by atoms with van der Waals surface area (Å²) in [5, 5.41) is 0.987. The number of anilines is 1. The minimum atomic E-state index is -0.503. The normalized spacial score (nSPS) is 18.7. The fourth-order valence-electron chi connectivity index (χ4n) is 4.45. The molecule has 3 aromatic heterocycles. The first-order valence-electron chi connectivity index (χ1n) is 10.9. The maximum absolute atomic E-state index is 14.3. The number of aromatic nitrogens is 3. The summed E-state index contributed by atoms with van der Waals surface area (Å²) in [6.07, 6.45) is 5.70. The second-order valence-electron chi connectivity index (χ2n) is 8.55. The number of hydrogen-bond donors (Lipinski definition) is 1. The molecule has 1 saturated heterocycles. The third-order valence-electron chi connectivity index (χ3n) is 5.98. The summed E-state index contributed by atoms with van der Waals surface area (Å²) in [5.74, 6) is -0.503. The summed E-state index contributed by atoms with van der Waals surface area (Å²) < 4.78 is 21.6. The van der Waals surface area contributed by atoms with Gasteiger partial charge in [-0.05, 0) is 37.6 Å². The standard InChI is InChI=1S/C25H24ClFN4O2/c1-15-12-31(13-16(2)33-15)19-9-20-21(11-29-25(20)28-10-19)17-6-7-30(23(32)8-17)14-18-4-3-5-22(26)24(18)27/h3-11,15-16H,12-14H2,1-2H3,(H,28,29). The number of aromatic amines is 1. The van der Waals surface area contributed by atoms with Gasteiger partial charge in [-0.2, -0.15) is 0 Å². The molecule has 2 atom stereocenters. The van der Waals surface area contributed by atoms with E-state index in [9.17, 15) is 9.18 Å². The van der Waals surface area contributed by atoms with E-state index in [1.165, 1.54) is 10.6 Å². The van der Waals surface area contributed by atoms with E-state index in [-0.39, 0.29) is 29.3 Å². The van der Waals surface area contributed by atoms with Crippen molar-refractivity contribution in [2.45, 2.75) is 32.6 Å². The lowest BCUT2D eigenvalue weighted by Gasteiger charge is -2.36. The van der Waals surface area contributed by atoms with Crippen molar-refractivity contribution < 1.29 is 9.13 Å². The first-order valence-corrected chi connectivity index (χ1v) is 11.3. The Balaban J connectivity index is 1.47. The highest BCUT2D eigenvalue weighted by Crippen LogP contribution is 2.31. The summed E-state index contributed by atoms with van der Waals surface area (Å²) in [4.78, 5) is 22.9. The number of pyridine rings is 2. The third-order valence-corrected chi connectivity index (χ3v) is 6.27. The van der Waals surface area contributed by atoms with Crippen molar-refractivity contribution in [2.75, 3.05) is 18.0 Å². The van der Waals surface area contributed by atoms with Crippen molar-refractivity contribution in [3.05, 3.63) is 81.7 Å². The first kappa shape index (κ1) is 21.7. The molecule has 170 valence electrons. The van der Waals surface area contributed by atoms with Crippen LogP contribution in [-0.4, -0.2) is 39.8 Å². The molecule has 0 saturated carbocycles. The van der Waals surface area contributed by atoms with E-state index in [1.54, 1.807) is 24.4 Å². The number of morpholine rings is 1. The minimum absolute atomic E-state index is 0.0447. The molecule has 0 radical (unpaired) electrons. The van der Waals surface area contributed by atoms with Crippen molar-refractivity contribution in [2.24, 2.45) is 0 Å². The minimum Gasteiger partial charge on any atom is -0.372 e. The molecule has 1 fully saturated rings. The second-order valence-corrected chi connectivity index (χ2v) is 8.96. The summed E-state index contributed by atoms with van der Waals surface area (Å²) in [6, 6.07) is 10.3. The first-order chi connectivity index (χ1) is 15.9. The molecule has 0 spiro atoms. The molecule has 4 heterocycles. The third kappa shape index (κ3) is 4.26. The molecular formula is C25H24ClFN4O2. The number of ether oxygens (including phenoxy) is 1. The Hall–Kier alpha value is -3.16. The van der Waals surface area contributed by atoms with Gasteiger partial charge in [-0.15, -0.1) is 0 Å². The molecule has 0 bridgehead atoms. The van der Waals surface area contributed by atoms with Crippen LogP contribution in [0.4, 0.5) is 10.1 Å². The van der Waals surface area contributed by atoms with Crippen LogP contribution in [0.25, 0.3) is 22.2 Å². The van der Waals surface area contributed by atoms with Crippen molar-refractivity contribution in [3.63, 3.8) is 0 Å². The predicted octanol–water partition coefficient (Wildman–Crippen LogP) is 4.85. The van der Waals surface area contributed by atoms with Gasteiger partial charge >= 0.3 is 0 Å². The van der Waals surface area contributed by atoms with Crippen molar-refractivity contribution >= 4 is 28.3 Å². The van der Waals surface area contributed by atoms with Crippen LogP contribution in [0.2, 0.25) is 5.02 Å². The summed E-state index contributed by atoms with van der Waals surface area (Å²) >= 11 is 5.87. The number of halogens is 2. The van der Waals surface area contributed by atoms with Gasteiger partial charge in [0, 0.05) is 48.1 Å². The lowest BCUT2D eigenvalue weighted by Crippen LogP contribution is -2.45. The van der Waals surface area contributed by atoms with E-state index in [2.05, 4.69) is 34.8 Å². The quantitative estimate of drug-likeness (QED) is 0.467. The van der Waals surface area contributed by atoms with Crippen LogP contribution in [0, 0.1) is 5.82 Å². The molecule has 4 aromatic rings. The van der Waals surface area contributed by atoms with Crippen LogP contribution < -0.4 is 10.5 Å². The number of fused-ring (bicyclic) bond motifs is 1. The molecule has 33 heavy (non-hydrogen) atoms. The van der Waals surface area contributed by atoms with Gasteiger partial charge in [0.05, 0.1) is 35.7 Å². The van der Waals surface area contributed by atoms with Gasteiger partial charge in [0.25, 0.3) is 5.56 Å². The summed E-state index contributed by atoms with van der Waals surface area (Å²) in [6.45, 7) is 5.85. The fourth-order valence-corrected chi connectivity index (χ4v) is 4.65. The van der Waals surface area contributed by atoms with Gasteiger partial charge in [0.2, 0.25) is 0 Å². The van der Waals surface area contributed by atoms with Crippen LogP contribution in [0.15, 0.2) is 59.8 Å². The van der Waals surface area contributed by atoms with Gasteiger partial charge in [0.1, 0.15) is 11.5 Å². The predicted molar refractivity (Wildman–Crippen MR) is 129 cm³/mol. The topological polar surface area (TPSA) is 63.2 Å². The molecule has 1 aromatic carbocycles. The molecule has 2 unspecified atom stereocenters. The van der Waals surface area contributed by atoms with E-state index >= 15 is 0 Å². The zero-order valence-electron chi connectivity index (χ0n) is 18.4. The number of hydrogen-bond acceptors (Lipinski definition) is 4. The van der Waals surface area contributed by atoms with Crippen molar-refractivity contribution in [3.8, 4) is 11.1 Å². The molecule has 0 aliphatic carbocycles. The Bertz CT molecular complexity index is 1370. The van der Waals surface area contributed by atoms with Gasteiger partial charge < -0.3 is 19.2 Å². The highest BCUT2D eigenvalue weighted by molar-refractivity contribution is 6.30. The number of H-pyrrole nitrogens is 1. The van der Waals surface area contributed by atoms with Crippen molar-refractivity contribution in [1.82, 2.24) is 14.5 Å². The molecule has 8 heteroatoms. The van der Waals surface area contributed by atoms with Crippen molar-refractivity contribution in [1.29, 1.82) is 0 Å². The smallest absolute Gasteiger partial charge is 0.251 e. The highest BCUT2D eigenvalue weighted by atomic mass is 35.5. The van der Waals surface area contributed by atoms with Crippen LogP contribution >= 0.6 is 11.6 Å². The Kier molecular flexibility index (Phi) is 5.68. The second kappa shape index (κ2) is 8.65. The van der Waals surface area contributed by atoms with E-state index in [1.807, 2.05) is 18.5 Å². The molecule has 6 nitrogen and oxygen atoms in total. The lowest BCUT2D eigenvalue weighted by molar-refractivity contribution is -0.00522. The Labute approximate surface area is 195 Å². The fraction of sp³-hybridized carbons (Fsp3) is 0.280. The number of benzene rings is 1. The van der Waals surface area contributed by atoms with E-state index in [4.69, 9.17) is 16.3 Å². The SMILES string of the molecule is CC1CN(c2cnc3[nH]cc(-c4ccn(Cc5cccc(Cl)c5F)c(=O)c4)c3c2)CC(C)O1. The van der Waals surface area contributed by atoms with Crippen LogP contribution in [0.3, 0.4) is 0 Å². The largest absolute Gasteiger partial charge is 0.372 e. The monoisotopic (exact) mass is 466 g/mol. The number of rotatable bonds is 4. The van der Waals surface area contributed by atoms with Gasteiger partial charge in [-0.3, -0.25) is 4.79 Å². The van der Waals surface area contributed by atoms with E-state index < -0.39 is 5.82 Å². The molecular weight excluding hydrogens is 443 g/mol. The number of nitrogens with zero attached hydrogens (tertiary/aromatic N) is 3. The maximum atomic E-state index is 14.3. The van der Waals surface area contributed by atoms with Gasteiger partial charge in [0.15, 0.2) is 0 Å². The molecule has 1 aliphatic rings. The Morgan fingerprint density at radius 2 is 2.00 bits per heavy atom. The molecule has 1 aliphatic heterocycles. The van der Waals surface area contributed by atoms with Crippen LogP contribution in [0.1, 0.15) is 19.4 Å². The highest BCUT2D eigenvalue weighted by Gasteiger charge is 2.23. The molecule has 5 rings (SSSR count). The average Bonchev–Trinajstić information content (AvgIpc) is 3.21. The summed E-state index contributed by atoms with van der Waals surface area (Å²) in [7, 11) is 0. The summed E-state index contributed by atoms with van der Waals surface area (Å²) in [5.41, 5.74) is 3.60. The maximum Gasteiger partial charge on any atom is 0.251 e. The number of nitrogens with one attached hydrogen (secondary N) is 1. The molecule has 0 amide bonds. The van der Waals surface area contributed by atoms with E-state index in [0.29, 0.717) is 5.56 Å². The average molecular weight is 467 g/mol. The van der Waals surface area contributed by atoms with Crippen LogP contribution in [0.5, 0.6) is 0 Å². The Morgan fingerprint density at radius 3 is 2.76 bits per heavy atom.